The van der Waals surface area contributed by atoms with E-state index in [-0.39, 0.29) is 11.7 Å². The minimum Gasteiger partial charge on any atom is -0.465 e. The molecule has 0 aromatic heterocycles. The number of esters is 1. The predicted octanol–water partition coefficient (Wildman–Crippen LogP) is 1.87. The Hall–Kier alpha value is -1.56. The minimum atomic E-state index is -3.34. The summed E-state index contributed by atoms with van der Waals surface area (Å²) in [6.45, 7) is 3.67. The van der Waals surface area contributed by atoms with E-state index in [1.807, 2.05) is 13.8 Å². The number of carbonyl (C=O) groups is 1. The van der Waals surface area contributed by atoms with Crippen LogP contribution in [0.4, 0.5) is 5.69 Å². The molecule has 0 amide bonds. The van der Waals surface area contributed by atoms with Crippen molar-refractivity contribution in [3.63, 3.8) is 0 Å². The van der Waals surface area contributed by atoms with Crippen LogP contribution >= 0.6 is 0 Å². The van der Waals surface area contributed by atoms with Crippen LogP contribution in [0.2, 0.25) is 0 Å². The van der Waals surface area contributed by atoms with Gasteiger partial charge in [0, 0.05) is 5.69 Å². The van der Waals surface area contributed by atoms with Crippen LogP contribution < -0.4 is 4.72 Å². The molecular weight excluding hydrogens is 254 g/mol. The number of rotatable bonds is 5. The predicted molar refractivity (Wildman–Crippen MR) is 70.0 cm³/mol. The zero-order chi connectivity index (χ0) is 13.8. The second-order valence-corrected chi connectivity index (χ2v) is 6.11. The van der Waals surface area contributed by atoms with E-state index in [0.717, 1.165) is 0 Å². The van der Waals surface area contributed by atoms with Crippen molar-refractivity contribution >= 4 is 21.7 Å². The maximum atomic E-state index is 11.7. The van der Waals surface area contributed by atoms with E-state index in [9.17, 15) is 13.2 Å². The third-order valence-corrected chi connectivity index (χ3v) is 3.78. The van der Waals surface area contributed by atoms with E-state index in [0.29, 0.717) is 11.3 Å². The first-order valence-corrected chi connectivity index (χ1v) is 7.18. The van der Waals surface area contributed by atoms with E-state index in [1.54, 1.807) is 0 Å². The molecule has 0 spiro atoms. The van der Waals surface area contributed by atoms with Crippen molar-refractivity contribution < 1.29 is 17.9 Å². The molecule has 0 atom stereocenters. The first-order chi connectivity index (χ1) is 8.34. The van der Waals surface area contributed by atoms with Gasteiger partial charge < -0.3 is 4.74 Å². The average molecular weight is 271 g/mol. The summed E-state index contributed by atoms with van der Waals surface area (Å²) in [5.41, 5.74) is 0.813. The fourth-order valence-corrected chi connectivity index (χ4v) is 2.91. The molecule has 5 nitrogen and oxygen atoms in total. The summed E-state index contributed by atoms with van der Waals surface area (Å²) >= 11 is 0. The number of benzene rings is 1. The number of nitrogens with one attached hydrogen (secondary N) is 1. The molecule has 0 unspecified atom stereocenters. The minimum absolute atomic E-state index is 0.0526. The smallest absolute Gasteiger partial charge is 0.337 e. The van der Waals surface area contributed by atoms with Gasteiger partial charge in [0.2, 0.25) is 10.0 Å². The number of methoxy groups -OCH3 is 1. The number of anilines is 1. The molecule has 0 fully saturated rings. The summed E-state index contributed by atoms with van der Waals surface area (Å²) in [6.07, 6.45) is 0. The monoisotopic (exact) mass is 271 g/mol. The van der Waals surface area contributed by atoms with Gasteiger partial charge in [-0.1, -0.05) is 13.8 Å². The van der Waals surface area contributed by atoms with Crippen LogP contribution in [0.3, 0.4) is 0 Å². The molecule has 18 heavy (non-hydrogen) atoms. The highest BCUT2D eigenvalue weighted by molar-refractivity contribution is 7.92. The van der Waals surface area contributed by atoms with Crippen LogP contribution in [-0.4, -0.2) is 27.2 Å². The lowest BCUT2D eigenvalue weighted by atomic mass is 10.2. The normalized spacial score (nSPS) is 11.3. The van der Waals surface area contributed by atoms with E-state index >= 15 is 0 Å². The Kier molecular flexibility index (Phi) is 4.72. The standard InChI is InChI=1S/C12H17NO4S/c1-9(2)8-18(15,16)13-11-6-4-10(5-7-11)12(14)17-3/h4-7,9,13H,8H2,1-3H3. The summed E-state index contributed by atoms with van der Waals surface area (Å²) < 4.78 is 30.4. The first-order valence-electron chi connectivity index (χ1n) is 5.53. The lowest BCUT2D eigenvalue weighted by Crippen LogP contribution is -2.20. The molecule has 0 aliphatic carbocycles. The molecule has 0 aliphatic rings. The van der Waals surface area contributed by atoms with Gasteiger partial charge in [0.1, 0.15) is 0 Å². The van der Waals surface area contributed by atoms with Crippen LogP contribution in [0, 0.1) is 5.92 Å². The second-order valence-electron chi connectivity index (χ2n) is 4.35. The summed E-state index contributed by atoms with van der Waals surface area (Å²) in [5, 5.41) is 0. The Labute approximate surface area is 107 Å². The highest BCUT2D eigenvalue weighted by Crippen LogP contribution is 2.13. The number of sulfonamides is 1. The second kappa shape index (κ2) is 5.86. The molecule has 0 aliphatic heterocycles. The van der Waals surface area contributed by atoms with E-state index < -0.39 is 16.0 Å². The third-order valence-electron chi connectivity index (χ3n) is 2.13. The summed E-state index contributed by atoms with van der Waals surface area (Å²) in [4.78, 5) is 11.2. The Morgan fingerprint density at radius 3 is 2.28 bits per heavy atom. The molecule has 0 saturated heterocycles. The van der Waals surface area contributed by atoms with Crippen LogP contribution in [0.15, 0.2) is 24.3 Å². The lowest BCUT2D eigenvalue weighted by molar-refractivity contribution is 0.0601. The molecule has 6 heteroatoms. The van der Waals surface area contributed by atoms with Crippen molar-refractivity contribution in [2.24, 2.45) is 5.92 Å². The molecule has 1 aromatic rings. The largest absolute Gasteiger partial charge is 0.465 e. The number of carbonyl (C=O) groups excluding carboxylic acids is 1. The van der Waals surface area contributed by atoms with Crippen LogP contribution in [0.25, 0.3) is 0 Å². The maximum absolute atomic E-state index is 11.7. The fourth-order valence-electron chi connectivity index (χ4n) is 1.45. The Morgan fingerprint density at radius 1 is 1.28 bits per heavy atom. The molecule has 1 aromatic carbocycles. The highest BCUT2D eigenvalue weighted by atomic mass is 32.2. The molecule has 0 bridgehead atoms. The van der Waals surface area contributed by atoms with Gasteiger partial charge in [-0.3, -0.25) is 4.72 Å². The highest BCUT2D eigenvalue weighted by Gasteiger charge is 2.13. The van der Waals surface area contributed by atoms with Crippen molar-refractivity contribution in [2.75, 3.05) is 17.6 Å². The quantitative estimate of drug-likeness (QED) is 0.830. The molecule has 1 N–H and O–H groups in total. The van der Waals surface area contributed by atoms with Crippen LogP contribution in [0.5, 0.6) is 0 Å². The molecule has 0 radical (unpaired) electrons. The zero-order valence-corrected chi connectivity index (χ0v) is 11.5. The van der Waals surface area contributed by atoms with Gasteiger partial charge in [-0.15, -0.1) is 0 Å². The SMILES string of the molecule is COC(=O)c1ccc(NS(=O)(=O)CC(C)C)cc1. The van der Waals surface area contributed by atoms with Gasteiger partial charge in [0.15, 0.2) is 0 Å². The summed E-state index contributed by atoms with van der Waals surface area (Å²) in [7, 11) is -2.05. The van der Waals surface area contributed by atoms with Gasteiger partial charge in [-0.25, -0.2) is 13.2 Å². The third kappa shape index (κ3) is 4.37. The summed E-state index contributed by atoms with van der Waals surface area (Å²) in [6, 6.07) is 6.09. The van der Waals surface area contributed by atoms with Crippen molar-refractivity contribution in [1.82, 2.24) is 0 Å². The Bertz CT molecular complexity index is 505. The van der Waals surface area contributed by atoms with Crippen LogP contribution in [-0.2, 0) is 14.8 Å². The number of hydrogen-bond acceptors (Lipinski definition) is 4. The molecule has 0 heterocycles. The molecule has 0 saturated carbocycles. The van der Waals surface area contributed by atoms with Crippen molar-refractivity contribution in [3.05, 3.63) is 29.8 Å². The number of hydrogen-bond donors (Lipinski definition) is 1. The van der Waals surface area contributed by atoms with E-state index in [2.05, 4.69) is 9.46 Å². The average Bonchev–Trinajstić information content (AvgIpc) is 2.26. The fraction of sp³-hybridized carbons (Fsp3) is 0.417. The van der Waals surface area contributed by atoms with Gasteiger partial charge in [-0.2, -0.15) is 0 Å². The lowest BCUT2D eigenvalue weighted by Gasteiger charge is -2.10. The van der Waals surface area contributed by atoms with E-state index in [1.165, 1.54) is 31.4 Å². The molecule has 1 rings (SSSR count). The van der Waals surface area contributed by atoms with Crippen molar-refractivity contribution in [2.45, 2.75) is 13.8 Å². The first kappa shape index (κ1) is 14.5. The number of ether oxygens (including phenoxy) is 1. The van der Waals surface area contributed by atoms with Gasteiger partial charge in [0.25, 0.3) is 0 Å². The van der Waals surface area contributed by atoms with Gasteiger partial charge in [0.05, 0.1) is 18.4 Å². The zero-order valence-electron chi connectivity index (χ0n) is 10.6. The topological polar surface area (TPSA) is 72.5 Å². The van der Waals surface area contributed by atoms with Gasteiger partial charge in [-0.05, 0) is 30.2 Å². The van der Waals surface area contributed by atoms with Crippen molar-refractivity contribution in [3.8, 4) is 0 Å². The van der Waals surface area contributed by atoms with Crippen molar-refractivity contribution in [1.29, 1.82) is 0 Å². The Balaban J connectivity index is 2.78. The van der Waals surface area contributed by atoms with Gasteiger partial charge >= 0.3 is 5.97 Å². The molecular formula is C12H17NO4S. The summed E-state index contributed by atoms with van der Waals surface area (Å²) in [5.74, 6) is -0.338. The Morgan fingerprint density at radius 2 is 1.83 bits per heavy atom. The van der Waals surface area contributed by atoms with Crippen LogP contribution in [0.1, 0.15) is 24.2 Å². The maximum Gasteiger partial charge on any atom is 0.337 e. The van der Waals surface area contributed by atoms with E-state index in [4.69, 9.17) is 0 Å². The molecule has 100 valence electrons.